The van der Waals surface area contributed by atoms with Crippen molar-refractivity contribution < 1.29 is 14.3 Å². The maximum absolute atomic E-state index is 13.4. The smallest absolute Gasteiger partial charge is 0.161 e. The van der Waals surface area contributed by atoms with Crippen molar-refractivity contribution in [2.24, 2.45) is 5.73 Å². The number of carbonyl (C=O) groups excluding carboxylic acids is 1. The number of rotatable bonds is 6. The number of benzene rings is 2. The summed E-state index contributed by atoms with van der Waals surface area (Å²) in [5.41, 5.74) is 9.37. The van der Waals surface area contributed by atoms with Crippen molar-refractivity contribution in [2.75, 3.05) is 18.1 Å². The summed E-state index contributed by atoms with van der Waals surface area (Å²) in [5.74, 6) is 0.718. The van der Waals surface area contributed by atoms with E-state index in [-0.39, 0.29) is 17.2 Å². The molecule has 1 unspecified atom stereocenters. The lowest BCUT2D eigenvalue weighted by Crippen LogP contribution is -2.39. The minimum atomic E-state index is -0.677. The fourth-order valence-electron chi connectivity index (χ4n) is 4.63. The molecule has 2 aromatic rings. The van der Waals surface area contributed by atoms with Crippen LogP contribution in [0.2, 0.25) is 10.0 Å². The van der Waals surface area contributed by atoms with Crippen molar-refractivity contribution in [3.05, 3.63) is 74.7 Å². The molecule has 176 valence electrons. The molecule has 8 heteroatoms. The highest BCUT2D eigenvalue weighted by Gasteiger charge is 2.42. The van der Waals surface area contributed by atoms with Gasteiger partial charge in [-0.1, -0.05) is 29.3 Å². The van der Waals surface area contributed by atoms with Gasteiger partial charge >= 0.3 is 0 Å². The first-order valence-corrected chi connectivity index (χ1v) is 12.0. The predicted molar refractivity (Wildman–Crippen MR) is 133 cm³/mol. The van der Waals surface area contributed by atoms with Crippen LogP contribution >= 0.6 is 23.2 Å². The summed E-state index contributed by atoms with van der Waals surface area (Å²) in [7, 11) is 0. The van der Waals surface area contributed by atoms with Gasteiger partial charge in [0, 0.05) is 23.3 Å². The lowest BCUT2D eigenvalue weighted by Gasteiger charge is -2.40. The van der Waals surface area contributed by atoms with Gasteiger partial charge in [0.15, 0.2) is 5.78 Å². The molecule has 4 rings (SSSR count). The fourth-order valence-corrected chi connectivity index (χ4v) is 5.01. The molecule has 0 saturated carbocycles. The van der Waals surface area contributed by atoms with Crippen LogP contribution in [0.1, 0.15) is 44.6 Å². The topological polar surface area (TPSA) is 88.6 Å². The summed E-state index contributed by atoms with van der Waals surface area (Å²) in [4.78, 5) is 15.1. The zero-order valence-electron chi connectivity index (χ0n) is 19.0. The van der Waals surface area contributed by atoms with Gasteiger partial charge in [0.2, 0.25) is 0 Å². The monoisotopic (exact) mass is 497 g/mol. The largest absolute Gasteiger partial charge is 0.494 e. The Morgan fingerprint density at radius 1 is 1.15 bits per heavy atom. The molecule has 1 heterocycles. The lowest BCUT2D eigenvalue weighted by molar-refractivity contribution is -0.116. The standard InChI is InChI=1S/C26H25Cl2N3O3/c1-3-33-15-11-12-22(34-4-2)16(13-15)23-17(14-29)26(30)31(19-8-6-10-21(32)24(19)23)20-9-5-7-18(27)25(20)28/h5,7,9,11-13,23H,3-4,6,8,10,30H2,1-2H3. The van der Waals surface area contributed by atoms with Crippen LogP contribution in [-0.4, -0.2) is 19.0 Å². The van der Waals surface area contributed by atoms with Gasteiger partial charge in [0.1, 0.15) is 17.3 Å². The molecular weight excluding hydrogens is 473 g/mol. The van der Waals surface area contributed by atoms with Gasteiger partial charge in [-0.3, -0.25) is 9.69 Å². The molecular formula is C26H25Cl2N3O3. The number of Topliss-reactive ketones (excluding diaryl/α,β-unsaturated/α-hetero) is 1. The summed E-state index contributed by atoms with van der Waals surface area (Å²) in [5, 5.41) is 10.9. The van der Waals surface area contributed by atoms with Crippen LogP contribution in [0.3, 0.4) is 0 Å². The number of hydrogen-bond acceptors (Lipinski definition) is 6. The van der Waals surface area contributed by atoms with Gasteiger partial charge in [-0.25, -0.2) is 0 Å². The zero-order chi connectivity index (χ0) is 24.4. The normalized spacial score (nSPS) is 18.0. The van der Waals surface area contributed by atoms with Crippen molar-refractivity contribution in [3.63, 3.8) is 0 Å². The first-order chi connectivity index (χ1) is 16.4. The maximum Gasteiger partial charge on any atom is 0.161 e. The maximum atomic E-state index is 13.4. The predicted octanol–water partition coefficient (Wildman–Crippen LogP) is 6.10. The van der Waals surface area contributed by atoms with Gasteiger partial charge in [0.25, 0.3) is 0 Å². The number of carbonyl (C=O) groups is 1. The van der Waals surface area contributed by atoms with E-state index in [4.69, 9.17) is 38.4 Å². The molecule has 0 aromatic heterocycles. The van der Waals surface area contributed by atoms with Gasteiger partial charge < -0.3 is 15.2 Å². The van der Waals surface area contributed by atoms with Crippen molar-refractivity contribution in [1.82, 2.24) is 0 Å². The van der Waals surface area contributed by atoms with Crippen molar-refractivity contribution >= 4 is 34.7 Å². The Labute approximate surface area is 209 Å². The van der Waals surface area contributed by atoms with E-state index in [9.17, 15) is 10.1 Å². The van der Waals surface area contributed by atoms with E-state index in [2.05, 4.69) is 6.07 Å². The van der Waals surface area contributed by atoms with Gasteiger partial charge in [-0.05, 0) is 57.0 Å². The second-order valence-corrected chi connectivity index (χ2v) is 8.74. The number of allylic oxidation sites excluding steroid dienone is 3. The summed E-state index contributed by atoms with van der Waals surface area (Å²) in [6, 6.07) is 12.9. The Kier molecular flexibility index (Phi) is 7.06. The second kappa shape index (κ2) is 10.0. The van der Waals surface area contributed by atoms with Crippen molar-refractivity contribution in [2.45, 2.75) is 39.0 Å². The molecule has 1 aliphatic carbocycles. The summed E-state index contributed by atoms with van der Waals surface area (Å²) in [6.07, 6.45) is 1.67. The number of anilines is 1. The molecule has 1 aliphatic heterocycles. The van der Waals surface area contributed by atoms with Crippen LogP contribution in [0.5, 0.6) is 11.5 Å². The lowest BCUT2D eigenvalue weighted by atomic mass is 9.75. The molecule has 0 spiro atoms. The van der Waals surface area contributed by atoms with E-state index in [1.54, 1.807) is 23.1 Å². The van der Waals surface area contributed by atoms with E-state index >= 15 is 0 Å². The van der Waals surface area contributed by atoms with E-state index in [1.165, 1.54) is 0 Å². The van der Waals surface area contributed by atoms with Gasteiger partial charge in [0.05, 0.1) is 46.5 Å². The minimum absolute atomic E-state index is 0.0288. The molecule has 0 saturated heterocycles. The van der Waals surface area contributed by atoms with Crippen LogP contribution in [0.4, 0.5) is 5.69 Å². The molecule has 34 heavy (non-hydrogen) atoms. The Bertz CT molecular complexity index is 1250. The van der Waals surface area contributed by atoms with E-state index in [1.807, 2.05) is 32.0 Å². The van der Waals surface area contributed by atoms with Crippen LogP contribution in [0.25, 0.3) is 0 Å². The van der Waals surface area contributed by atoms with Crippen molar-refractivity contribution in [1.29, 1.82) is 5.26 Å². The Morgan fingerprint density at radius 3 is 2.62 bits per heavy atom. The fraction of sp³-hybridized carbons (Fsp3) is 0.308. The third-order valence-corrected chi connectivity index (χ3v) is 6.80. The SMILES string of the molecule is CCOc1ccc(OCC)c(C2C(C#N)=C(N)N(c3cccc(Cl)c3Cl)C3=C2C(=O)CCC3)c1. The average molecular weight is 498 g/mol. The Balaban J connectivity index is 2.01. The van der Waals surface area contributed by atoms with Gasteiger partial charge in [-0.2, -0.15) is 5.26 Å². The Hall–Kier alpha value is -3.14. The molecule has 6 nitrogen and oxygen atoms in total. The zero-order valence-corrected chi connectivity index (χ0v) is 20.5. The third kappa shape index (κ3) is 4.11. The molecule has 0 fully saturated rings. The summed E-state index contributed by atoms with van der Waals surface area (Å²) in [6.45, 7) is 4.69. The summed E-state index contributed by atoms with van der Waals surface area (Å²) >= 11 is 12.8. The minimum Gasteiger partial charge on any atom is -0.494 e. The molecule has 0 radical (unpaired) electrons. The number of nitrogens with two attached hydrogens (primary N) is 1. The number of ketones is 1. The van der Waals surface area contributed by atoms with E-state index in [0.29, 0.717) is 70.8 Å². The highest BCUT2D eigenvalue weighted by atomic mass is 35.5. The van der Waals surface area contributed by atoms with E-state index < -0.39 is 5.92 Å². The van der Waals surface area contributed by atoms with Crippen LogP contribution in [-0.2, 0) is 4.79 Å². The number of nitrogens with zero attached hydrogens (tertiary/aromatic N) is 2. The number of nitriles is 1. The van der Waals surface area contributed by atoms with Crippen molar-refractivity contribution in [3.8, 4) is 17.6 Å². The second-order valence-electron chi connectivity index (χ2n) is 7.95. The Morgan fingerprint density at radius 2 is 1.91 bits per heavy atom. The molecule has 2 N–H and O–H groups in total. The van der Waals surface area contributed by atoms with Crippen LogP contribution < -0.4 is 20.1 Å². The average Bonchev–Trinajstić information content (AvgIpc) is 2.82. The highest BCUT2D eigenvalue weighted by Crippen LogP contribution is 2.50. The quantitative estimate of drug-likeness (QED) is 0.518. The summed E-state index contributed by atoms with van der Waals surface area (Å²) < 4.78 is 11.6. The molecule has 0 amide bonds. The van der Waals surface area contributed by atoms with Crippen LogP contribution in [0, 0.1) is 11.3 Å². The first kappa shape index (κ1) is 24.0. The third-order valence-electron chi connectivity index (χ3n) is 5.99. The number of ether oxygens (including phenoxy) is 2. The molecule has 0 bridgehead atoms. The highest BCUT2D eigenvalue weighted by molar-refractivity contribution is 6.43. The first-order valence-electron chi connectivity index (χ1n) is 11.2. The number of halogens is 2. The van der Waals surface area contributed by atoms with Gasteiger partial charge in [-0.15, -0.1) is 0 Å². The molecule has 2 aliphatic rings. The molecule has 2 aromatic carbocycles. The number of hydrogen-bond donors (Lipinski definition) is 1. The van der Waals surface area contributed by atoms with E-state index in [0.717, 1.165) is 5.70 Å². The molecule has 1 atom stereocenters. The van der Waals surface area contributed by atoms with Crippen LogP contribution in [0.15, 0.2) is 59.1 Å².